The molecule has 2 rings (SSSR count). The van der Waals surface area contributed by atoms with Crippen LogP contribution in [0.15, 0.2) is 24.3 Å². The highest BCUT2D eigenvalue weighted by atomic mass is 127. The second kappa shape index (κ2) is 8.84. The van der Waals surface area contributed by atoms with E-state index in [1.165, 1.54) is 0 Å². The second-order valence-electron chi connectivity index (χ2n) is 5.46. The molecule has 0 unspecified atom stereocenters. The number of ether oxygens (including phenoxy) is 1. The summed E-state index contributed by atoms with van der Waals surface area (Å²) < 4.78 is 6.52. The Kier molecular flexibility index (Phi) is 6.81. The maximum Gasteiger partial charge on any atom is 0.407 e. The molecule has 128 valence electrons. The van der Waals surface area contributed by atoms with Crippen LogP contribution in [0.5, 0.6) is 0 Å². The largest absolute Gasteiger partial charge is 0.465 e. The Labute approximate surface area is 153 Å². The van der Waals surface area contributed by atoms with Gasteiger partial charge in [0.25, 0.3) is 5.91 Å². The van der Waals surface area contributed by atoms with Crippen LogP contribution < -0.4 is 5.32 Å². The molecular formula is C16H18IN3O4. The summed E-state index contributed by atoms with van der Waals surface area (Å²) in [5.41, 5.74) is 0.941. The average Bonchev–Trinajstić information content (AvgIpc) is 2.82. The van der Waals surface area contributed by atoms with Gasteiger partial charge >= 0.3 is 6.09 Å². The molecule has 0 spiro atoms. The first-order valence-electron chi connectivity index (χ1n) is 7.53. The first kappa shape index (κ1) is 18.5. The Morgan fingerprint density at radius 1 is 1.46 bits per heavy atom. The van der Waals surface area contributed by atoms with Crippen molar-refractivity contribution in [1.29, 1.82) is 5.26 Å². The van der Waals surface area contributed by atoms with Crippen molar-refractivity contribution >= 4 is 34.6 Å². The van der Waals surface area contributed by atoms with Gasteiger partial charge in [0.2, 0.25) is 0 Å². The van der Waals surface area contributed by atoms with E-state index in [2.05, 4.69) is 34.0 Å². The van der Waals surface area contributed by atoms with E-state index in [0.29, 0.717) is 26.0 Å². The van der Waals surface area contributed by atoms with Gasteiger partial charge in [0.15, 0.2) is 6.10 Å². The Morgan fingerprint density at radius 2 is 2.17 bits per heavy atom. The Morgan fingerprint density at radius 3 is 2.79 bits per heavy atom. The second-order valence-corrected chi connectivity index (χ2v) is 6.71. The normalized spacial score (nSPS) is 19.0. The molecule has 2 N–H and O–H groups in total. The molecule has 24 heavy (non-hydrogen) atoms. The molecule has 1 aromatic carbocycles. The van der Waals surface area contributed by atoms with Crippen molar-refractivity contribution < 1.29 is 19.4 Å². The van der Waals surface area contributed by atoms with Crippen LogP contribution in [-0.2, 0) is 16.0 Å². The number of hydrogen-bond donors (Lipinski definition) is 2. The highest BCUT2D eigenvalue weighted by Crippen LogP contribution is 2.10. The van der Waals surface area contributed by atoms with Gasteiger partial charge in [-0.15, -0.1) is 0 Å². The van der Waals surface area contributed by atoms with E-state index in [9.17, 15) is 14.9 Å². The van der Waals surface area contributed by atoms with E-state index in [0.717, 1.165) is 14.0 Å². The molecule has 1 saturated heterocycles. The molecule has 0 bridgehead atoms. The lowest BCUT2D eigenvalue weighted by Gasteiger charge is -2.22. The molecule has 1 aromatic rings. The van der Waals surface area contributed by atoms with Crippen LogP contribution in [0.4, 0.5) is 4.79 Å². The fraction of sp³-hybridized carbons (Fsp3) is 0.438. The number of hydrogen-bond acceptors (Lipinski definition) is 4. The van der Waals surface area contributed by atoms with Crippen molar-refractivity contribution in [1.82, 2.24) is 10.2 Å². The lowest BCUT2D eigenvalue weighted by atomic mass is 10.1. The van der Waals surface area contributed by atoms with Gasteiger partial charge in [-0.05, 0) is 46.7 Å². The number of benzene rings is 1. The summed E-state index contributed by atoms with van der Waals surface area (Å²) in [6.07, 6.45) is -1.04. The van der Waals surface area contributed by atoms with Gasteiger partial charge in [-0.3, -0.25) is 4.79 Å². The summed E-state index contributed by atoms with van der Waals surface area (Å²) in [6, 6.07) is 9.06. The molecule has 1 heterocycles. The van der Waals surface area contributed by atoms with E-state index in [1.807, 2.05) is 24.3 Å². The highest BCUT2D eigenvalue weighted by Gasteiger charge is 2.28. The molecule has 0 radical (unpaired) electrons. The number of carbonyl (C=O) groups is 2. The van der Waals surface area contributed by atoms with Crippen LogP contribution in [-0.4, -0.2) is 53.8 Å². The first-order chi connectivity index (χ1) is 11.5. The van der Waals surface area contributed by atoms with Crippen LogP contribution >= 0.6 is 22.6 Å². The lowest BCUT2D eigenvalue weighted by molar-refractivity contribution is -0.133. The summed E-state index contributed by atoms with van der Waals surface area (Å²) in [7, 11) is 0. The SMILES string of the molecule is N#C[C@H](Cc1ccc(I)cc1)NC(=O)[C@@H]1CN(C(=O)O)CCCO1. The number of carboxylic acid groups (broad SMARTS) is 1. The molecule has 2 amide bonds. The Balaban J connectivity index is 1.96. The molecule has 1 fully saturated rings. The van der Waals surface area contributed by atoms with Crippen molar-refractivity contribution in [2.75, 3.05) is 19.7 Å². The smallest absolute Gasteiger partial charge is 0.407 e. The standard InChI is InChI=1S/C16H18IN3O4/c17-12-4-2-11(3-5-12)8-13(9-18)19-15(21)14-10-20(16(22)23)6-1-7-24-14/h2-5,13-14H,1,6-8,10H2,(H,19,21)(H,22,23)/t13-,14-/m0/s1. The minimum atomic E-state index is -1.07. The third-order valence-corrected chi connectivity index (χ3v) is 4.39. The third-order valence-electron chi connectivity index (χ3n) is 3.67. The number of nitriles is 1. The fourth-order valence-corrected chi connectivity index (χ4v) is 2.77. The maximum absolute atomic E-state index is 12.3. The van der Waals surface area contributed by atoms with Gasteiger partial charge < -0.3 is 20.1 Å². The predicted octanol–water partition coefficient (Wildman–Crippen LogP) is 1.61. The van der Waals surface area contributed by atoms with Gasteiger partial charge in [0.1, 0.15) is 6.04 Å². The Bertz CT molecular complexity index is 629. The Hall–Kier alpha value is -1.86. The molecule has 1 aliphatic heterocycles. The highest BCUT2D eigenvalue weighted by molar-refractivity contribution is 14.1. The predicted molar refractivity (Wildman–Crippen MR) is 94.4 cm³/mol. The molecular weight excluding hydrogens is 425 g/mol. The zero-order valence-electron chi connectivity index (χ0n) is 12.9. The molecule has 1 aliphatic rings. The molecule has 0 aliphatic carbocycles. The quantitative estimate of drug-likeness (QED) is 0.689. The molecule has 8 heteroatoms. The van der Waals surface area contributed by atoms with Crippen LogP contribution in [0.25, 0.3) is 0 Å². The fourth-order valence-electron chi connectivity index (χ4n) is 2.41. The van der Waals surface area contributed by atoms with Crippen LogP contribution in [0.1, 0.15) is 12.0 Å². The third kappa shape index (κ3) is 5.35. The van der Waals surface area contributed by atoms with Gasteiger partial charge in [-0.25, -0.2) is 4.79 Å². The van der Waals surface area contributed by atoms with Gasteiger partial charge in [0, 0.05) is 23.1 Å². The summed E-state index contributed by atoms with van der Waals surface area (Å²) in [4.78, 5) is 24.6. The van der Waals surface area contributed by atoms with Crippen molar-refractivity contribution in [3.05, 3.63) is 33.4 Å². The van der Waals surface area contributed by atoms with E-state index < -0.39 is 24.1 Å². The topological polar surface area (TPSA) is 103 Å². The summed E-state index contributed by atoms with van der Waals surface area (Å²) in [5, 5.41) is 21.0. The van der Waals surface area contributed by atoms with E-state index in [4.69, 9.17) is 9.84 Å². The maximum atomic E-state index is 12.3. The number of halogens is 1. The van der Waals surface area contributed by atoms with Crippen molar-refractivity contribution in [3.8, 4) is 6.07 Å². The number of carbonyl (C=O) groups excluding carboxylic acids is 1. The molecule has 7 nitrogen and oxygen atoms in total. The van der Waals surface area contributed by atoms with Gasteiger partial charge in [-0.2, -0.15) is 5.26 Å². The zero-order chi connectivity index (χ0) is 17.5. The number of amides is 2. The van der Waals surface area contributed by atoms with E-state index in [1.54, 1.807) is 0 Å². The van der Waals surface area contributed by atoms with Crippen molar-refractivity contribution in [2.24, 2.45) is 0 Å². The minimum absolute atomic E-state index is 0.0250. The van der Waals surface area contributed by atoms with Crippen molar-refractivity contribution in [2.45, 2.75) is 25.0 Å². The average molecular weight is 443 g/mol. The summed E-state index contributed by atoms with van der Waals surface area (Å²) >= 11 is 2.20. The van der Waals surface area contributed by atoms with Crippen LogP contribution in [0.2, 0.25) is 0 Å². The first-order valence-corrected chi connectivity index (χ1v) is 8.61. The number of rotatable bonds is 4. The van der Waals surface area contributed by atoms with E-state index in [-0.39, 0.29) is 6.54 Å². The molecule has 2 atom stereocenters. The van der Waals surface area contributed by atoms with Crippen LogP contribution in [0, 0.1) is 14.9 Å². The van der Waals surface area contributed by atoms with Crippen LogP contribution in [0.3, 0.4) is 0 Å². The summed E-state index contributed by atoms with van der Waals surface area (Å²) in [6.45, 7) is 0.627. The zero-order valence-corrected chi connectivity index (χ0v) is 15.1. The minimum Gasteiger partial charge on any atom is -0.465 e. The monoisotopic (exact) mass is 443 g/mol. The molecule has 0 aromatic heterocycles. The number of nitrogens with one attached hydrogen (secondary N) is 1. The van der Waals surface area contributed by atoms with Gasteiger partial charge in [-0.1, -0.05) is 12.1 Å². The van der Waals surface area contributed by atoms with Crippen molar-refractivity contribution in [3.63, 3.8) is 0 Å². The molecule has 0 saturated carbocycles. The number of nitrogens with zero attached hydrogens (tertiary/aromatic N) is 2. The van der Waals surface area contributed by atoms with E-state index >= 15 is 0 Å². The van der Waals surface area contributed by atoms with Gasteiger partial charge in [0.05, 0.1) is 12.6 Å². The lowest BCUT2D eigenvalue weighted by Crippen LogP contribution is -2.47. The summed E-state index contributed by atoms with van der Waals surface area (Å²) in [5.74, 6) is -0.458.